The Kier molecular flexibility index (Phi) is 9.73. The summed E-state index contributed by atoms with van der Waals surface area (Å²) in [6.07, 6.45) is 0.812. The highest BCUT2D eigenvalue weighted by atomic mass is 35.5. The smallest absolute Gasteiger partial charge is 0.411 e. The fourth-order valence-electron chi connectivity index (χ4n) is 9.26. The van der Waals surface area contributed by atoms with Crippen LogP contribution in [-0.4, -0.2) is 71.8 Å². The Labute approximate surface area is 323 Å². The van der Waals surface area contributed by atoms with Gasteiger partial charge in [0.2, 0.25) is 5.88 Å². The number of halogens is 2. The molecule has 0 aliphatic carbocycles. The van der Waals surface area contributed by atoms with Crippen LogP contribution in [0.4, 0.5) is 15.0 Å². The molecule has 54 heavy (non-hydrogen) atoms. The first-order valence-corrected chi connectivity index (χ1v) is 21.1. The molecule has 2 saturated heterocycles. The van der Waals surface area contributed by atoms with Crippen molar-refractivity contribution in [1.29, 1.82) is 5.26 Å². The maximum Gasteiger partial charge on any atom is 0.411 e. The summed E-state index contributed by atoms with van der Waals surface area (Å²) in [5.74, 6) is 0.0806. The largest absolute Gasteiger partial charge is 0.472 e. The Morgan fingerprint density at radius 1 is 1.06 bits per heavy atom. The lowest BCUT2D eigenvalue weighted by atomic mass is 9.89. The lowest BCUT2D eigenvalue weighted by molar-refractivity contribution is -0.0196. The van der Waals surface area contributed by atoms with Crippen LogP contribution < -0.4 is 20.0 Å². The number of benzene rings is 2. The van der Waals surface area contributed by atoms with Crippen LogP contribution in [0.1, 0.15) is 79.0 Å². The van der Waals surface area contributed by atoms with Crippen molar-refractivity contribution >= 4 is 53.0 Å². The number of hydrogen-bond donors (Lipinski definition) is 0. The highest BCUT2D eigenvalue weighted by molar-refractivity contribution is 6.99. The predicted molar refractivity (Wildman–Crippen MR) is 212 cm³/mol. The SMILES string of the molecule is Cc1c(CCO[Si](c2ccccc2)(c2ccccc2)C(C)(C)C)nc2c3c(nc(Cl)c(F)c13)O[C@@H](C)[C@@H]1[C@@H]3CC[C@](CC#N)(CN21)N3C(=O)OC(C)(C)C. The average Bonchev–Trinajstić information content (AvgIpc) is 3.31. The maximum absolute atomic E-state index is 16.4. The van der Waals surface area contributed by atoms with E-state index >= 15 is 4.39 Å². The number of fused-ring (bicyclic) bond motifs is 5. The molecule has 0 unspecified atom stereocenters. The number of hydrogen-bond acceptors (Lipinski definition) is 8. The normalized spacial score (nSPS) is 22.4. The van der Waals surface area contributed by atoms with Gasteiger partial charge in [0.05, 0.1) is 35.5 Å². The zero-order chi connectivity index (χ0) is 38.8. The summed E-state index contributed by atoms with van der Waals surface area (Å²) >= 11 is 6.50. The number of carbonyl (C=O) groups is 1. The first kappa shape index (κ1) is 38.0. The van der Waals surface area contributed by atoms with E-state index in [1.165, 1.54) is 10.4 Å². The second-order valence-electron chi connectivity index (χ2n) is 17.0. The molecule has 2 bridgehead atoms. The zero-order valence-electron chi connectivity index (χ0n) is 32.4. The van der Waals surface area contributed by atoms with Gasteiger partial charge in [0.1, 0.15) is 17.5 Å². The van der Waals surface area contributed by atoms with Gasteiger partial charge in [0, 0.05) is 30.7 Å². The molecule has 284 valence electrons. The Hall–Kier alpha value is -4.24. The van der Waals surface area contributed by atoms with Crippen molar-refractivity contribution in [3.63, 3.8) is 0 Å². The van der Waals surface area contributed by atoms with Gasteiger partial charge in [0.25, 0.3) is 8.32 Å². The number of amides is 1. The molecule has 4 atom stereocenters. The number of anilines is 1. The van der Waals surface area contributed by atoms with E-state index in [4.69, 9.17) is 30.5 Å². The molecule has 0 N–H and O–H groups in total. The molecule has 1 amide bonds. The number of aromatic nitrogens is 2. The summed E-state index contributed by atoms with van der Waals surface area (Å²) < 4.78 is 36.1. The molecule has 0 saturated carbocycles. The lowest BCUT2D eigenvalue weighted by Gasteiger charge is -2.53. The fourth-order valence-corrected chi connectivity index (χ4v) is 14.0. The molecule has 9 nitrogen and oxygen atoms in total. The summed E-state index contributed by atoms with van der Waals surface area (Å²) in [4.78, 5) is 27.6. The minimum atomic E-state index is -2.87. The van der Waals surface area contributed by atoms with E-state index in [2.05, 4.69) is 85.3 Å². The van der Waals surface area contributed by atoms with E-state index in [1.54, 1.807) is 4.90 Å². The van der Waals surface area contributed by atoms with Crippen LogP contribution in [0, 0.1) is 24.1 Å². The van der Waals surface area contributed by atoms with Gasteiger partial charge in [-0.2, -0.15) is 10.2 Å². The number of nitriles is 1. The fraction of sp³-hybridized carbons (Fsp3) is 0.476. The third-order valence-corrected chi connectivity index (χ3v) is 16.7. The van der Waals surface area contributed by atoms with E-state index in [9.17, 15) is 10.1 Å². The van der Waals surface area contributed by atoms with Gasteiger partial charge in [-0.15, -0.1) is 0 Å². The van der Waals surface area contributed by atoms with Gasteiger partial charge in [-0.3, -0.25) is 4.90 Å². The number of nitrogens with zero attached hydrogens (tertiary/aromatic N) is 5. The number of ether oxygens (including phenoxy) is 2. The van der Waals surface area contributed by atoms with Crippen molar-refractivity contribution in [2.24, 2.45) is 0 Å². The number of carbonyl (C=O) groups excluding carboxylic acids is 1. The monoisotopic (exact) mass is 769 g/mol. The topological polar surface area (TPSA) is 101 Å². The van der Waals surface area contributed by atoms with E-state index in [1.807, 2.05) is 46.8 Å². The minimum absolute atomic E-state index is 0.107. The molecule has 4 aromatic rings. The van der Waals surface area contributed by atoms with Crippen LogP contribution in [0.2, 0.25) is 10.2 Å². The van der Waals surface area contributed by atoms with Gasteiger partial charge in [-0.05, 0) is 68.4 Å². The summed E-state index contributed by atoms with van der Waals surface area (Å²) in [7, 11) is -2.87. The third kappa shape index (κ3) is 6.20. The second-order valence-corrected chi connectivity index (χ2v) is 21.7. The quantitative estimate of drug-likeness (QED) is 0.138. The molecule has 3 aliphatic heterocycles. The summed E-state index contributed by atoms with van der Waals surface area (Å²) in [5, 5.41) is 12.7. The number of aryl methyl sites for hydroxylation is 1. The maximum atomic E-state index is 16.4. The lowest BCUT2D eigenvalue weighted by Crippen LogP contribution is -2.70. The number of pyridine rings is 2. The molecule has 3 aliphatic rings. The van der Waals surface area contributed by atoms with Crippen molar-refractivity contribution in [3.8, 4) is 11.9 Å². The van der Waals surface area contributed by atoms with E-state index in [0.29, 0.717) is 60.3 Å². The van der Waals surface area contributed by atoms with Crippen LogP contribution in [-0.2, 0) is 15.6 Å². The van der Waals surface area contributed by atoms with Gasteiger partial charge in [0.15, 0.2) is 11.0 Å². The van der Waals surface area contributed by atoms with Crippen LogP contribution in [0.5, 0.6) is 5.88 Å². The Bertz CT molecular complexity index is 2080. The van der Waals surface area contributed by atoms with Crippen LogP contribution in [0.25, 0.3) is 10.8 Å². The van der Waals surface area contributed by atoms with Gasteiger partial charge in [-0.25, -0.2) is 14.2 Å². The first-order chi connectivity index (χ1) is 25.5. The van der Waals surface area contributed by atoms with E-state index < -0.39 is 37.5 Å². The molecule has 0 spiro atoms. The zero-order valence-corrected chi connectivity index (χ0v) is 34.1. The Morgan fingerprint density at radius 3 is 2.26 bits per heavy atom. The number of rotatable bonds is 7. The van der Waals surface area contributed by atoms with Crippen LogP contribution in [0.3, 0.4) is 0 Å². The second kappa shape index (κ2) is 13.8. The highest BCUT2D eigenvalue weighted by Crippen LogP contribution is 2.51. The van der Waals surface area contributed by atoms with Crippen molar-refractivity contribution < 1.29 is 23.1 Å². The standard InChI is InChI=1S/C42H49ClFN5O4Si/c1-26-30(20-24-51-54(41(6,7)8,28-15-11-9-12-16-28)29-17-13-10-14-18-29)46-37-33-32(26)34(44)36(43)47-38(33)52-27(2)35-31-19-21-42(22-23-45,25-48(35)37)49(31)39(50)53-40(3,4)5/h9-18,27,31,35H,19-22,24-25H2,1-8H3/t27-,31-,35+,42-/m0/s1. The molecule has 12 heteroatoms. The Balaban J connectivity index is 1.34. The molecule has 2 fully saturated rings. The van der Waals surface area contributed by atoms with E-state index in [0.717, 1.165) is 0 Å². The number of piperazine rings is 1. The van der Waals surface area contributed by atoms with Crippen molar-refractivity contribution in [2.75, 3.05) is 18.1 Å². The molecule has 2 aromatic carbocycles. The molecule has 0 radical (unpaired) electrons. The molecule has 2 aromatic heterocycles. The molecule has 5 heterocycles. The highest BCUT2D eigenvalue weighted by Gasteiger charge is 2.61. The molecule has 7 rings (SSSR count). The first-order valence-electron chi connectivity index (χ1n) is 18.8. The minimum Gasteiger partial charge on any atom is -0.472 e. The van der Waals surface area contributed by atoms with Crippen LogP contribution in [0.15, 0.2) is 60.7 Å². The van der Waals surface area contributed by atoms with Gasteiger partial charge >= 0.3 is 6.09 Å². The molecular weight excluding hydrogens is 721 g/mol. The van der Waals surface area contributed by atoms with Crippen molar-refractivity contribution in [1.82, 2.24) is 14.9 Å². The van der Waals surface area contributed by atoms with Gasteiger partial charge < -0.3 is 18.8 Å². The summed E-state index contributed by atoms with van der Waals surface area (Å²) in [6, 6.07) is 22.5. The van der Waals surface area contributed by atoms with Crippen molar-refractivity contribution in [2.45, 2.75) is 115 Å². The predicted octanol–water partition coefficient (Wildman–Crippen LogP) is 7.87. The molecular formula is C42H49ClFN5O4Si. The third-order valence-electron chi connectivity index (χ3n) is 11.4. The van der Waals surface area contributed by atoms with Crippen molar-refractivity contribution in [3.05, 3.63) is 82.9 Å². The average molecular weight is 770 g/mol. The van der Waals surface area contributed by atoms with Crippen LogP contribution >= 0.6 is 11.6 Å². The van der Waals surface area contributed by atoms with E-state index in [-0.39, 0.29) is 34.6 Å². The Morgan fingerprint density at radius 2 is 1.69 bits per heavy atom. The van der Waals surface area contributed by atoms with Gasteiger partial charge in [-0.1, -0.05) is 93.0 Å². The summed E-state index contributed by atoms with van der Waals surface area (Å²) in [5.41, 5.74) is -0.254. The summed E-state index contributed by atoms with van der Waals surface area (Å²) in [6.45, 7) is 16.7.